The SMILES string of the molecule is CC(C)Cc1ccc(CN2CCN(C3CCNC3)CC2)cc1. The summed E-state index contributed by atoms with van der Waals surface area (Å²) in [5.41, 5.74) is 2.93. The van der Waals surface area contributed by atoms with Crippen LogP contribution in [0.25, 0.3) is 0 Å². The lowest BCUT2D eigenvalue weighted by Gasteiger charge is -2.37. The van der Waals surface area contributed by atoms with Crippen molar-refractivity contribution in [1.29, 1.82) is 0 Å². The second-order valence-corrected chi connectivity index (χ2v) is 7.37. The highest BCUT2D eigenvalue weighted by Gasteiger charge is 2.25. The van der Waals surface area contributed by atoms with Gasteiger partial charge in [-0.25, -0.2) is 0 Å². The summed E-state index contributed by atoms with van der Waals surface area (Å²) in [7, 11) is 0. The van der Waals surface area contributed by atoms with E-state index in [1.165, 1.54) is 63.2 Å². The van der Waals surface area contributed by atoms with Gasteiger partial charge in [-0.3, -0.25) is 9.80 Å². The van der Waals surface area contributed by atoms with E-state index in [2.05, 4.69) is 53.2 Å². The van der Waals surface area contributed by atoms with Crippen LogP contribution in [-0.2, 0) is 13.0 Å². The van der Waals surface area contributed by atoms with Crippen LogP contribution in [0.1, 0.15) is 31.4 Å². The summed E-state index contributed by atoms with van der Waals surface area (Å²) >= 11 is 0. The third kappa shape index (κ3) is 4.31. The van der Waals surface area contributed by atoms with E-state index in [9.17, 15) is 0 Å². The zero-order chi connectivity index (χ0) is 15.4. The summed E-state index contributed by atoms with van der Waals surface area (Å²) in [4.78, 5) is 5.29. The molecule has 22 heavy (non-hydrogen) atoms. The predicted octanol–water partition coefficient (Wildman–Crippen LogP) is 2.36. The molecule has 1 aromatic carbocycles. The largest absolute Gasteiger partial charge is 0.315 e. The van der Waals surface area contributed by atoms with Gasteiger partial charge in [-0.05, 0) is 36.4 Å². The Morgan fingerprint density at radius 3 is 2.32 bits per heavy atom. The van der Waals surface area contributed by atoms with E-state index in [0.717, 1.165) is 18.5 Å². The van der Waals surface area contributed by atoms with Gasteiger partial charge in [0.05, 0.1) is 0 Å². The fourth-order valence-corrected chi connectivity index (χ4v) is 3.75. The van der Waals surface area contributed by atoms with Crippen LogP contribution in [0, 0.1) is 5.92 Å². The van der Waals surface area contributed by atoms with Crippen LogP contribution in [-0.4, -0.2) is 55.1 Å². The summed E-state index contributed by atoms with van der Waals surface area (Å²) in [6.07, 6.45) is 2.52. The molecular formula is C19H31N3. The Labute approximate surface area is 135 Å². The van der Waals surface area contributed by atoms with Gasteiger partial charge in [0.2, 0.25) is 0 Å². The van der Waals surface area contributed by atoms with E-state index in [1.54, 1.807) is 0 Å². The summed E-state index contributed by atoms with van der Waals surface area (Å²) in [5, 5.41) is 3.48. The number of nitrogens with one attached hydrogen (secondary N) is 1. The third-order valence-corrected chi connectivity index (χ3v) is 5.03. The number of hydrogen-bond donors (Lipinski definition) is 1. The summed E-state index contributed by atoms with van der Waals surface area (Å²) in [5.74, 6) is 0.740. The fraction of sp³-hybridized carbons (Fsp3) is 0.684. The van der Waals surface area contributed by atoms with Gasteiger partial charge in [0, 0.05) is 45.3 Å². The molecule has 0 amide bonds. The van der Waals surface area contributed by atoms with Crippen LogP contribution in [0.2, 0.25) is 0 Å². The van der Waals surface area contributed by atoms with Gasteiger partial charge < -0.3 is 5.32 Å². The van der Waals surface area contributed by atoms with Crippen LogP contribution < -0.4 is 5.32 Å². The zero-order valence-electron chi connectivity index (χ0n) is 14.2. The van der Waals surface area contributed by atoms with Crippen molar-refractivity contribution in [2.45, 2.75) is 39.3 Å². The predicted molar refractivity (Wildman–Crippen MR) is 93.1 cm³/mol. The van der Waals surface area contributed by atoms with Gasteiger partial charge >= 0.3 is 0 Å². The van der Waals surface area contributed by atoms with Gasteiger partial charge in [-0.2, -0.15) is 0 Å². The molecule has 0 saturated carbocycles. The highest BCUT2D eigenvalue weighted by molar-refractivity contribution is 5.22. The standard InChI is InChI=1S/C19H31N3/c1-16(2)13-17-3-5-18(6-4-17)15-21-9-11-22(12-10-21)19-7-8-20-14-19/h3-6,16,19-20H,7-15H2,1-2H3. The lowest BCUT2D eigenvalue weighted by molar-refractivity contribution is 0.0981. The van der Waals surface area contributed by atoms with E-state index in [0.29, 0.717) is 0 Å². The van der Waals surface area contributed by atoms with Crippen molar-refractivity contribution in [3.05, 3.63) is 35.4 Å². The second kappa shape index (κ2) is 7.58. The lowest BCUT2D eigenvalue weighted by Crippen LogP contribution is -2.50. The molecule has 0 bridgehead atoms. The van der Waals surface area contributed by atoms with Gasteiger partial charge in [-0.15, -0.1) is 0 Å². The van der Waals surface area contributed by atoms with Crippen LogP contribution in [0.15, 0.2) is 24.3 Å². The van der Waals surface area contributed by atoms with E-state index in [-0.39, 0.29) is 0 Å². The minimum atomic E-state index is 0.740. The maximum atomic E-state index is 3.48. The van der Waals surface area contributed by atoms with Crippen LogP contribution in [0.4, 0.5) is 0 Å². The smallest absolute Gasteiger partial charge is 0.0234 e. The molecule has 3 nitrogen and oxygen atoms in total. The van der Waals surface area contributed by atoms with Crippen LogP contribution >= 0.6 is 0 Å². The zero-order valence-corrected chi connectivity index (χ0v) is 14.2. The molecule has 3 rings (SSSR count). The Kier molecular flexibility index (Phi) is 5.51. The quantitative estimate of drug-likeness (QED) is 0.901. The minimum Gasteiger partial charge on any atom is -0.315 e. The first-order valence-corrected chi connectivity index (χ1v) is 8.95. The maximum Gasteiger partial charge on any atom is 0.0234 e. The fourth-order valence-electron chi connectivity index (χ4n) is 3.75. The van der Waals surface area contributed by atoms with E-state index in [1.807, 2.05) is 0 Å². The minimum absolute atomic E-state index is 0.740. The number of hydrogen-bond acceptors (Lipinski definition) is 3. The molecule has 0 spiro atoms. The molecule has 0 radical (unpaired) electrons. The monoisotopic (exact) mass is 301 g/mol. The van der Waals surface area contributed by atoms with Gasteiger partial charge in [0.15, 0.2) is 0 Å². The molecule has 3 heteroatoms. The summed E-state index contributed by atoms with van der Waals surface area (Å²) in [6.45, 7) is 13.0. The van der Waals surface area contributed by atoms with Gasteiger partial charge in [0.1, 0.15) is 0 Å². The van der Waals surface area contributed by atoms with Crippen molar-refractivity contribution in [1.82, 2.24) is 15.1 Å². The molecule has 1 unspecified atom stereocenters. The normalized spacial score (nSPS) is 24.2. The Hall–Kier alpha value is -0.900. The molecule has 2 aliphatic heterocycles. The first-order valence-electron chi connectivity index (χ1n) is 8.95. The average molecular weight is 301 g/mol. The van der Waals surface area contributed by atoms with Crippen molar-refractivity contribution in [3.63, 3.8) is 0 Å². The number of benzene rings is 1. The molecule has 122 valence electrons. The number of nitrogens with zero attached hydrogens (tertiary/aromatic N) is 2. The van der Waals surface area contributed by atoms with Gasteiger partial charge in [0.25, 0.3) is 0 Å². The van der Waals surface area contributed by atoms with Crippen molar-refractivity contribution >= 4 is 0 Å². The lowest BCUT2D eigenvalue weighted by atomic mass is 10.0. The first-order chi connectivity index (χ1) is 10.7. The summed E-state index contributed by atoms with van der Waals surface area (Å²) in [6, 6.07) is 10.1. The molecule has 2 fully saturated rings. The molecule has 0 aromatic heterocycles. The van der Waals surface area contributed by atoms with Crippen molar-refractivity contribution in [2.75, 3.05) is 39.3 Å². The Bertz CT molecular complexity index is 440. The van der Waals surface area contributed by atoms with E-state index in [4.69, 9.17) is 0 Å². The molecule has 2 saturated heterocycles. The molecule has 2 heterocycles. The molecule has 1 atom stereocenters. The Morgan fingerprint density at radius 2 is 1.73 bits per heavy atom. The van der Waals surface area contributed by atoms with Crippen molar-refractivity contribution in [2.24, 2.45) is 5.92 Å². The van der Waals surface area contributed by atoms with Crippen LogP contribution in [0.3, 0.4) is 0 Å². The molecule has 1 aromatic rings. The van der Waals surface area contributed by atoms with E-state index >= 15 is 0 Å². The molecular weight excluding hydrogens is 270 g/mol. The summed E-state index contributed by atoms with van der Waals surface area (Å²) < 4.78 is 0. The highest BCUT2D eigenvalue weighted by atomic mass is 15.3. The van der Waals surface area contributed by atoms with Crippen molar-refractivity contribution in [3.8, 4) is 0 Å². The van der Waals surface area contributed by atoms with Gasteiger partial charge in [-0.1, -0.05) is 38.1 Å². The second-order valence-electron chi connectivity index (χ2n) is 7.37. The average Bonchev–Trinajstić information content (AvgIpc) is 3.04. The maximum absolute atomic E-state index is 3.48. The van der Waals surface area contributed by atoms with Crippen LogP contribution in [0.5, 0.6) is 0 Å². The third-order valence-electron chi connectivity index (χ3n) is 5.03. The Morgan fingerprint density at radius 1 is 1.05 bits per heavy atom. The number of piperazine rings is 1. The number of rotatable bonds is 5. The topological polar surface area (TPSA) is 18.5 Å². The Balaban J connectivity index is 1.46. The van der Waals surface area contributed by atoms with Crippen molar-refractivity contribution < 1.29 is 0 Å². The molecule has 2 aliphatic rings. The first kappa shape index (κ1) is 16.0. The molecule has 0 aliphatic carbocycles. The highest BCUT2D eigenvalue weighted by Crippen LogP contribution is 2.15. The van der Waals surface area contributed by atoms with E-state index < -0.39 is 0 Å². The molecule has 1 N–H and O–H groups in total.